The second kappa shape index (κ2) is 19.1. The van der Waals surface area contributed by atoms with Crippen LogP contribution in [0.15, 0.2) is 91.0 Å². The van der Waals surface area contributed by atoms with Gasteiger partial charge in [-0.05, 0) is 86.5 Å². The quantitative estimate of drug-likeness (QED) is 0.1000. The van der Waals surface area contributed by atoms with Gasteiger partial charge in [-0.15, -0.1) is 0 Å². The highest BCUT2D eigenvalue weighted by Crippen LogP contribution is 2.39. The molecule has 1 saturated heterocycles. The minimum atomic E-state index is -4.95. The van der Waals surface area contributed by atoms with Gasteiger partial charge in [-0.3, -0.25) is 0 Å². The zero-order chi connectivity index (χ0) is 42.9. The number of halogens is 7. The van der Waals surface area contributed by atoms with Gasteiger partial charge in [-0.25, -0.2) is 23.6 Å². The second-order valence-electron chi connectivity index (χ2n) is 12.9. The molecule has 1 aliphatic rings. The topological polar surface area (TPSA) is 158 Å². The Morgan fingerprint density at radius 2 is 1.14 bits per heavy atom. The summed E-state index contributed by atoms with van der Waals surface area (Å²) in [5.74, 6) is -6.07. The van der Waals surface area contributed by atoms with Crippen LogP contribution in [0.3, 0.4) is 0 Å². The Morgan fingerprint density at radius 1 is 0.707 bits per heavy atom. The Labute approximate surface area is 326 Å². The van der Waals surface area contributed by atoms with Crippen molar-refractivity contribution in [3.8, 4) is 0 Å². The van der Waals surface area contributed by atoms with Gasteiger partial charge in [-0.2, -0.15) is 26.3 Å². The number of morpholine rings is 1. The number of carboxylic acids is 2. The number of nitrogens with one attached hydrogen (secondary N) is 1. The lowest BCUT2D eigenvalue weighted by Gasteiger charge is -2.34. The fourth-order valence-corrected chi connectivity index (χ4v) is 5.37. The van der Waals surface area contributed by atoms with Gasteiger partial charge < -0.3 is 34.5 Å². The smallest absolute Gasteiger partial charge is 0.416 e. The fourth-order valence-electron chi connectivity index (χ4n) is 5.37. The Morgan fingerprint density at radius 3 is 1.53 bits per heavy atom. The van der Waals surface area contributed by atoms with Crippen molar-refractivity contribution in [2.45, 2.75) is 63.8 Å². The van der Waals surface area contributed by atoms with Crippen molar-refractivity contribution >= 4 is 23.9 Å². The first-order valence-electron chi connectivity index (χ1n) is 17.2. The molecule has 1 aliphatic heterocycles. The normalized spacial score (nSPS) is 17.1. The summed E-state index contributed by atoms with van der Waals surface area (Å²) in [7, 11) is 0. The van der Waals surface area contributed by atoms with Gasteiger partial charge in [0, 0.05) is 6.54 Å². The monoisotopic (exact) mass is 823 g/mol. The molecule has 3 N–H and O–H groups in total. The summed E-state index contributed by atoms with van der Waals surface area (Å²) < 4.78 is 113. The zero-order valence-corrected chi connectivity index (χ0v) is 30.8. The molecule has 0 unspecified atom stereocenters. The third-order valence-electron chi connectivity index (χ3n) is 8.47. The van der Waals surface area contributed by atoms with Gasteiger partial charge in [0.05, 0.1) is 41.0 Å². The Balaban J connectivity index is 0.000000257. The van der Waals surface area contributed by atoms with E-state index in [4.69, 9.17) is 18.9 Å². The molecule has 0 saturated carbocycles. The van der Waals surface area contributed by atoms with Crippen LogP contribution in [0.1, 0.15) is 73.2 Å². The number of rotatable bonds is 11. The lowest BCUT2D eigenvalue weighted by Crippen LogP contribution is -2.45. The number of aliphatic carboxylic acids is 2. The highest BCUT2D eigenvalue weighted by molar-refractivity contribution is 5.95. The van der Waals surface area contributed by atoms with Gasteiger partial charge in [-0.1, -0.05) is 47.5 Å². The van der Waals surface area contributed by atoms with Crippen molar-refractivity contribution < 1.29 is 79.1 Å². The van der Waals surface area contributed by atoms with Crippen LogP contribution in [-0.2, 0) is 40.9 Å². The molecule has 5 atom stereocenters. The second-order valence-corrected chi connectivity index (χ2v) is 12.9. The molecule has 0 bridgehead atoms. The summed E-state index contributed by atoms with van der Waals surface area (Å²) in [5.41, 5.74) is -0.723. The maximum absolute atomic E-state index is 13.2. The molecule has 18 heteroatoms. The minimum absolute atomic E-state index is 0.0332. The molecule has 0 radical (unpaired) electrons. The number of aryl methyl sites for hydroxylation is 2. The predicted octanol–water partition coefficient (Wildman–Crippen LogP) is 7.85. The van der Waals surface area contributed by atoms with Crippen LogP contribution in [0.2, 0.25) is 0 Å². The molecule has 4 aromatic carbocycles. The molecule has 5 rings (SSSR count). The maximum atomic E-state index is 13.2. The summed E-state index contributed by atoms with van der Waals surface area (Å²) in [6.07, 6.45) is -16.5. The summed E-state index contributed by atoms with van der Waals surface area (Å²) in [5, 5.41) is 21.7. The van der Waals surface area contributed by atoms with E-state index in [-0.39, 0.29) is 29.4 Å². The number of hydrogen-bond acceptors (Lipinski definition) is 9. The van der Waals surface area contributed by atoms with E-state index in [2.05, 4.69) is 5.32 Å². The van der Waals surface area contributed by atoms with Crippen LogP contribution in [0.25, 0.3) is 0 Å². The van der Waals surface area contributed by atoms with E-state index >= 15 is 0 Å². The fraction of sp³-hybridized carbons (Fsp3) is 0.300. The van der Waals surface area contributed by atoms with E-state index in [1.54, 1.807) is 38.1 Å². The number of carbonyl (C=O) groups excluding carboxylic acids is 2. The number of ether oxygens (including phenoxy) is 4. The average molecular weight is 824 g/mol. The Hall–Kier alpha value is -5.85. The van der Waals surface area contributed by atoms with E-state index in [1.807, 2.05) is 0 Å². The summed E-state index contributed by atoms with van der Waals surface area (Å²) >= 11 is 0. The van der Waals surface area contributed by atoms with Crippen LogP contribution in [0, 0.1) is 19.7 Å². The number of carbonyl (C=O) groups is 4. The van der Waals surface area contributed by atoms with E-state index in [0.29, 0.717) is 24.2 Å². The average Bonchev–Trinajstić information content (AvgIpc) is 3.16. The van der Waals surface area contributed by atoms with Crippen molar-refractivity contribution in [1.29, 1.82) is 0 Å². The number of carboxylic acid groups (broad SMARTS) is 2. The predicted molar refractivity (Wildman–Crippen MR) is 189 cm³/mol. The van der Waals surface area contributed by atoms with Crippen molar-refractivity contribution in [1.82, 2.24) is 5.32 Å². The summed E-state index contributed by atoms with van der Waals surface area (Å²) in [6, 6.07) is 18.3. The first-order valence-corrected chi connectivity index (χ1v) is 17.2. The molecular formula is C40H36F7NO10. The van der Waals surface area contributed by atoms with Crippen LogP contribution < -0.4 is 5.32 Å². The molecule has 1 fully saturated rings. The molecule has 0 amide bonds. The largest absolute Gasteiger partial charge is 0.478 e. The van der Waals surface area contributed by atoms with Crippen molar-refractivity contribution in [2.75, 3.05) is 13.2 Å². The van der Waals surface area contributed by atoms with Crippen LogP contribution in [0.5, 0.6) is 0 Å². The standard InChI is InChI=1S/C20H18F7NO2.C20H18O8/c1-11(13-8-14(19(22,23)24)10-15(9-13)20(25,26)27)30-18-17(28-6-7-29-18)12-2-4-16(21)5-3-12;1-11-3-7-13(8-4-11)19(25)27-15(17(21)22)16(18(23)24)28-20(26)14-9-5-12(2)6-10-14/h2-5,8-11,17-18,28H,6-7H2,1H3;3-10,15-16H,1-2H3,(H,21,22)(H,23,24)/t11-,17+,18-;15-,16-/m10/s1. The van der Waals surface area contributed by atoms with Gasteiger partial charge in [0.2, 0.25) is 12.2 Å². The zero-order valence-electron chi connectivity index (χ0n) is 30.8. The Kier molecular flexibility index (Phi) is 14.7. The number of benzene rings is 4. The number of alkyl halides is 6. The molecule has 11 nitrogen and oxygen atoms in total. The molecule has 0 aliphatic carbocycles. The van der Waals surface area contributed by atoms with Gasteiger partial charge in [0.25, 0.3) is 0 Å². The lowest BCUT2D eigenvalue weighted by molar-refractivity contribution is -0.200. The maximum Gasteiger partial charge on any atom is 0.416 e. The van der Waals surface area contributed by atoms with Crippen LogP contribution in [-0.4, -0.2) is 65.7 Å². The molecule has 0 aromatic heterocycles. The van der Waals surface area contributed by atoms with Crippen LogP contribution in [0.4, 0.5) is 30.7 Å². The van der Waals surface area contributed by atoms with E-state index in [0.717, 1.165) is 11.1 Å². The highest BCUT2D eigenvalue weighted by Gasteiger charge is 2.41. The van der Waals surface area contributed by atoms with Crippen molar-refractivity contribution in [2.24, 2.45) is 0 Å². The minimum Gasteiger partial charge on any atom is -0.478 e. The van der Waals surface area contributed by atoms with Crippen molar-refractivity contribution in [3.63, 3.8) is 0 Å². The van der Waals surface area contributed by atoms with E-state index in [9.17, 15) is 60.1 Å². The highest BCUT2D eigenvalue weighted by atomic mass is 19.4. The van der Waals surface area contributed by atoms with E-state index in [1.165, 1.54) is 55.5 Å². The molecular weight excluding hydrogens is 787 g/mol. The van der Waals surface area contributed by atoms with Gasteiger partial charge in [0.15, 0.2) is 6.29 Å². The SMILES string of the molecule is C[C@@H](O[C@H]1OCCN[C@H]1c1ccc(F)cc1)c1cc(C(F)(F)F)cc(C(F)(F)F)c1.Cc1ccc(C(=O)O[C@H](C(=O)O)[C@H](OC(=O)c2ccc(C)cc2)C(=O)O)cc1. The van der Waals surface area contributed by atoms with E-state index < -0.39 is 83.8 Å². The Bertz CT molecular complexity index is 1950. The van der Waals surface area contributed by atoms with Crippen molar-refractivity contribution in [3.05, 3.63) is 141 Å². The lowest BCUT2D eigenvalue weighted by atomic mass is 10.0. The third-order valence-corrected chi connectivity index (χ3v) is 8.47. The third kappa shape index (κ3) is 12.3. The molecule has 0 spiro atoms. The first kappa shape index (κ1) is 44.9. The van der Waals surface area contributed by atoms with Gasteiger partial charge in [0.1, 0.15) is 5.82 Å². The summed E-state index contributed by atoms with van der Waals surface area (Å²) in [6.45, 7) is 5.60. The summed E-state index contributed by atoms with van der Waals surface area (Å²) in [4.78, 5) is 47.3. The number of esters is 2. The molecule has 310 valence electrons. The van der Waals surface area contributed by atoms with Gasteiger partial charge >= 0.3 is 36.2 Å². The first-order chi connectivity index (χ1) is 27.1. The molecule has 58 heavy (non-hydrogen) atoms. The molecule has 4 aromatic rings. The molecule has 1 heterocycles. The number of hydrogen-bond donors (Lipinski definition) is 3. The van der Waals surface area contributed by atoms with Crippen LogP contribution >= 0.6 is 0 Å².